The van der Waals surface area contributed by atoms with E-state index in [4.69, 9.17) is 0 Å². The minimum atomic E-state index is -1.03. The highest BCUT2D eigenvalue weighted by atomic mass is 16.3. The van der Waals surface area contributed by atoms with E-state index in [1.165, 1.54) is 22.3 Å². The second-order valence-electron chi connectivity index (χ2n) is 8.36. The molecule has 0 aromatic heterocycles. The molecule has 0 bridgehead atoms. The van der Waals surface area contributed by atoms with Crippen LogP contribution in [0.25, 0.3) is 0 Å². The number of benzene rings is 2. The van der Waals surface area contributed by atoms with Gasteiger partial charge < -0.3 is 5.11 Å². The van der Waals surface area contributed by atoms with Crippen molar-refractivity contribution in [3.05, 3.63) is 68.8 Å². The number of aryl methyl sites for hydroxylation is 4. The molecule has 0 saturated carbocycles. The van der Waals surface area contributed by atoms with Crippen molar-refractivity contribution in [1.29, 1.82) is 0 Å². The summed E-state index contributed by atoms with van der Waals surface area (Å²) in [7, 11) is 0. The van der Waals surface area contributed by atoms with E-state index in [2.05, 4.69) is 86.6 Å². The van der Waals surface area contributed by atoms with Crippen LogP contribution < -0.4 is 0 Å². The molecule has 0 aliphatic carbocycles. The Labute approximate surface area is 147 Å². The van der Waals surface area contributed by atoms with Crippen molar-refractivity contribution >= 4 is 0 Å². The molecule has 1 N–H and O–H groups in total. The van der Waals surface area contributed by atoms with Crippen molar-refractivity contribution < 1.29 is 5.11 Å². The molecule has 0 spiro atoms. The highest BCUT2D eigenvalue weighted by Gasteiger charge is 2.47. The maximum absolute atomic E-state index is 12.3. The monoisotopic (exact) mass is 324 g/mol. The van der Waals surface area contributed by atoms with Gasteiger partial charge in [0, 0.05) is 0 Å². The summed E-state index contributed by atoms with van der Waals surface area (Å²) < 4.78 is 0. The first kappa shape index (κ1) is 18.7. The van der Waals surface area contributed by atoms with Gasteiger partial charge in [-0.3, -0.25) is 0 Å². The fourth-order valence-corrected chi connectivity index (χ4v) is 3.89. The predicted octanol–water partition coefficient (Wildman–Crippen LogP) is 5.82. The summed E-state index contributed by atoms with van der Waals surface area (Å²) in [5.74, 6) is 0. The SMILES string of the molecule is Cc1ccc(C)c(C(O)(c2c(C)ccc(C)c2C)C(C)(C)C)c1C. The van der Waals surface area contributed by atoms with Crippen LogP contribution in [0.2, 0.25) is 0 Å². The van der Waals surface area contributed by atoms with E-state index in [1.54, 1.807) is 0 Å². The number of rotatable bonds is 2. The van der Waals surface area contributed by atoms with Crippen LogP contribution in [0.1, 0.15) is 65.3 Å². The summed E-state index contributed by atoms with van der Waals surface area (Å²) in [4.78, 5) is 0. The van der Waals surface area contributed by atoms with Crippen molar-refractivity contribution in [2.45, 2.75) is 67.9 Å². The Hall–Kier alpha value is -1.60. The van der Waals surface area contributed by atoms with Gasteiger partial charge in [0.1, 0.15) is 5.60 Å². The summed E-state index contributed by atoms with van der Waals surface area (Å²) in [5, 5.41) is 12.3. The van der Waals surface area contributed by atoms with Gasteiger partial charge in [-0.1, -0.05) is 45.0 Å². The summed E-state index contributed by atoms with van der Waals surface area (Å²) in [6, 6.07) is 8.56. The third kappa shape index (κ3) is 2.69. The quantitative estimate of drug-likeness (QED) is 0.738. The number of hydrogen-bond donors (Lipinski definition) is 1. The Balaban J connectivity index is 3.01. The lowest BCUT2D eigenvalue weighted by Gasteiger charge is -2.45. The molecule has 0 unspecified atom stereocenters. The van der Waals surface area contributed by atoms with Crippen molar-refractivity contribution in [3.8, 4) is 0 Å². The molecule has 24 heavy (non-hydrogen) atoms. The predicted molar refractivity (Wildman–Crippen MR) is 104 cm³/mol. The smallest absolute Gasteiger partial charge is 0.120 e. The van der Waals surface area contributed by atoms with Crippen LogP contribution in [0.4, 0.5) is 0 Å². The van der Waals surface area contributed by atoms with Gasteiger partial charge in [-0.2, -0.15) is 0 Å². The van der Waals surface area contributed by atoms with Crippen molar-refractivity contribution in [3.63, 3.8) is 0 Å². The Kier molecular flexibility index (Phi) is 4.71. The van der Waals surface area contributed by atoms with Crippen molar-refractivity contribution in [2.24, 2.45) is 5.41 Å². The normalized spacial score (nSPS) is 12.6. The molecular weight excluding hydrogens is 292 g/mol. The van der Waals surface area contributed by atoms with Gasteiger partial charge >= 0.3 is 0 Å². The first-order chi connectivity index (χ1) is 10.9. The van der Waals surface area contributed by atoms with E-state index in [0.29, 0.717) is 0 Å². The average Bonchev–Trinajstić information content (AvgIpc) is 2.46. The van der Waals surface area contributed by atoms with Crippen LogP contribution in [0.3, 0.4) is 0 Å². The fraction of sp³-hybridized carbons (Fsp3) is 0.478. The molecule has 0 aliphatic rings. The molecule has 2 rings (SSSR count). The number of hydrogen-bond acceptors (Lipinski definition) is 1. The van der Waals surface area contributed by atoms with Gasteiger partial charge in [0.2, 0.25) is 0 Å². The third-order valence-corrected chi connectivity index (χ3v) is 5.70. The third-order valence-electron chi connectivity index (χ3n) is 5.70. The molecule has 2 aromatic rings. The molecule has 0 aliphatic heterocycles. The Bertz CT molecular complexity index is 718. The lowest BCUT2D eigenvalue weighted by molar-refractivity contribution is -0.0280. The molecular formula is C23H32O. The van der Waals surface area contributed by atoms with Crippen LogP contribution in [0.15, 0.2) is 24.3 Å². The van der Waals surface area contributed by atoms with E-state index < -0.39 is 5.60 Å². The van der Waals surface area contributed by atoms with Gasteiger partial charge in [-0.25, -0.2) is 0 Å². The zero-order valence-corrected chi connectivity index (χ0v) is 16.8. The lowest BCUT2D eigenvalue weighted by atomic mass is 9.63. The summed E-state index contributed by atoms with van der Waals surface area (Å²) in [5.41, 5.74) is 7.88. The van der Waals surface area contributed by atoms with E-state index in [1.807, 2.05) is 0 Å². The fourth-order valence-electron chi connectivity index (χ4n) is 3.89. The second kappa shape index (κ2) is 6.04. The van der Waals surface area contributed by atoms with Gasteiger partial charge in [0.05, 0.1) is 0 Å². The molecule has 0 saturated heterocycles. The Morgan fingerprint density at radius 3 is 1.17 bits per heavy atom. The average molecular weight is 325 g/mol. The van der Waals surface area contributed by atoms with Crippen LogP contribution in [0.5, 0.6) is 0 Å². The minimum Gasteiger partial charge on any atom is -0.380 e. The van der Waals surface area contributed by atoms with E-state index in [0.717, 1.165) is 22.3 Å². The van der Waals surface area contributed by atoms with Crippen molar-refractivity contribution in [2.75, 3.05) is 0 Å². The highest BCUT2D eigenvalue weighted by Crippen LogP contribution is 2.49. The number of aliphatic hydroxyl groups is 1. The molecule has 0 fully saturated rings. The standard InChI is InChI=1S/C23H32O/c1-14-10-12-16(3)20(18(14)5)23(24,22(7,8)9)21-17(4)13-11-15(2)19(21)6/h10-13,24H,1-9H3. The lowest BCUT2D eigenvalue weighted by Crippen LogP contribution is -2.43. The zero-order chi connectivity index (χ0) is 18.4. The maximum atomic E-state index is 12.3. The summed E-state index contributed by atoms with van der Waals surface area (Å²) >= 11 is 0. The zero-order valence-electron chi connectivity index (χ0n) is 16.8. The first-order valence-corrected chi connectivity index (χ1v) is 8.79. The van der Waals surface area contributed by atoms with E-state index in [-0.39, 0.29) is 5.41 Å². The maximum Gasteiger partial charge on any atom is 0.120 e. The molecule has 2 aromatic carbocycles. The molecule has 0 radical (unpaired) electrons. The molecule has 130 valence electrons. The molecule has 1 nitrogen and oxygen atoms in total. The van der Waals surface area contributed by atoms with Crippen LogP contribution in [-0.4, -0.2) is 5.11 Å². The largest absolute Gasteiger partial charge is 0.380 e. The van der Waals surface area contributed by atoms with Crippen molar-refractivity contribution in [1.82, 2.24) is 0 Å². The summed E-state index contributed by atoms with van der Waals surface area (Å²) in [6.45, 7) is 19.1. The van der Waals surface area contributed by atoms with Gasteiger partial charge in [-0.15, -0.1) is 0 Å². The Morgan fingerprint density at radius 2 is 0.875 bits per heavy atom. The van der Waals surface area contributed by atoms with Crippen LogP contribution in [-0.2, 0) is 5.60 Å². The van der Waals surface area contributed by atoms with E-state index in [9.17, 15) is 5.11 Å². The van der Waals surface area contributed by atoms with Gasteiger partial charge in [0.15, 0.2) is 0 Å². The minimum absolute atomic E-state index is 0.334. The molecule has 0 heterocycles. The van der Waals surface area contributed by atoms with E-state index >= 15 is 0 Å². The first-order valence-electron chi connectivity index (χ1n) is 8.79. The van der Waals surface area contributed by atoms with Crippen LogP contribution in [0, 0.1) is 47.0 Å². The second-order valence-corrected chi connectivity index (χ2v) is 8.36. The van der Waals surface area contributed by atoms with Crippen LogP contribution >= 0.6 is 0 Å². The van der Waals surface area contributed by atoms with Gasteiger partial charge in [0.25, 0.3) is 0 Å². The summed E-state index contributed by atoms with van der Waals surface area (Å²) in [6.07, 6.45) is 0. The Morgan fingerprint density at radius 1 is 0.583 bits per heavy atom. The topological polar surface area (TPSA) is 20.2 Å². The molecule has 0 amide bonds. The highest BCUT2D eigenvalue weighted by molar-refractivity contribution is 5.54. The molecule has 1 heteroatoms. The molecule has 0 atom stereocenters. The van der Waals surface area contributed by atoms with Gasteiger partial charge in [-0.05, 0) is 91.5 Å².